The quantitative estimate of drug-likeness (QED) is 0.409. The number of nitro benzene ring substituents is 1. The molecule has 6 nitrogen and oxygen atoms in total. The maximum absolute atomic E-state index is 11.0. The number of H-pyrrole nitrogens is 1. The number of nitrogens with zero attached hydrogens (tertiary/aromatic N) is 2. The number of non-ortho nitro benzene ring substituents is 1. The van der Waals surface area contributed by atoms with Crippen molar-refractivity contribution in [2.75, 3.05) is 0 Å². The van der Waals surface area contributed by atoms with E-state index in [1.165, 1.54) is 6.07 Å². The average molecular weight is 297 g/mol. The number of rotatable bonds is 1. The molecule has 3 aromatic rings. The Kier molecular flexibility index (Phi) is 2.53. The fourth-order valence-corrected chi connectivity index (χ4v) is 3.07. The van der Waals surface area contributed by atoms with Gasteiger partial charge in [-0.25, -0.2) is 0 Å². The van der Waals surface area contributed by atoms with Crippen molar-refractivity contribution < 1.29 is 10.1 Å². The fraction of sp³-hybridized carbons (Fsp3) is 0.0625. The zero-order valence-electron chi connectivity index (χ0n) is 11.4. The zero-order valence-corrected chi connectivity index (χ0v) is 11.4. The van der Waals surface area contributed by atoms with Crippen LogP contribution in [0.25, 0.3) is 22.2 Å². The lowest BCUT2D eigenvalue weighted by molar-refractivity contribution is -0.384. The van der Waals surface area contributed by atoms with Crippen molar-refractivity contribution in [1.29, 1.82) is 0 Å². The number of benzene rings is 2. The van der Waals surface area contributed by atoms with E-state index in [0.717, 1.165) is 33.3 Å². The minimum Gasteiger partial charge on any atom is -0.411 e. The van der Waals surface area contributed by atoms with Gasteiger partial charge in [-0.15, -0.1) is 0 Å². The van der Waals surface area contributed by atoms with Crippen molar-refractivity contribution in [1.82, 2.24) is 4.98 Å². The van der Waals surface area contributed by atoms with Crippen molar-refractivity contribution in [3.05, 3.63) is 63.7 Å². The minimum atomic E-state index is -0.406. The minimum absolute atomic E-state index is 0.0515. The number of oxime groups is 1. The van der Waals surface area contributed by atoms with Gasteiger partial charge in [-0.1, -0.05) is 29.4 Å². The number of hydrogen-bond donors (Lipinski definition) is 2. The summed E-state index contributed by atoms with van der Waals surface area (Å²) in [5, 5.41) is 24.5. The molecule has 2 N–H and O–H groups in total. The molecule has 1 heterocycles. The molecular weight excluding hydrogens is 286 g/mol. The van der Waals surface area contributed by atoms with Crippen molar-refractivity contribution in [3.8, 4) is 11.3 Å². The Bertz CT molecular complexity index is 956. The second-order valence-electron chi connectivity index (χ2n) is 5.23. The predicted octanol–water partition coefficient (Wildman–Crippen LogP) is 3.48. The molecule has 4 rings (SSSR count). The first-order valence-corrected chi connectivity index (χ1v) is 6.78. The summed E-state index contributed by atoms with van der Waals surface area (Å²) in [7, 11) is 0. The molecule has 0 fully saturated rings. The van der Waals surface area contributed by atoms with E-state index in [1.54, 1.807) is 12.1 Å². The van der Waals surface area contributed by atoms with Gasteiger partial charge in [0.15, 0.2) is 0 Å². The molecule has 0 bridgehead atoms. The second kappa shape index (κ2) is 4.42. The van der Waals surface area contributed by atoms with Crippen LogP contribution in [-0.2, 0) is 6.42 Å². The van der Waals surface area contributed by atoms with E-state index in [2.05, 4.69) is 10.1 Å². The molecule has 0 spiro atoms. The van der Waals surface area contributed by atoms with Crippen LogP contribution in [-0.4, -0.2) is 20.8 Å². The van der Waals surface area contributed by atoms with Gasteiger partial charge in [-0.05, 0) is 11.6 Å². The molecule has 0 aliphatic heterocycles. The van der Waals surface area contributed by atoms with E-state index in [9.17, 15) is 15.3 Å². The van der Waals surface area contributed by atoms with E-state index in [-0.39, 0.29) is 5.69 Å². The summed E-state index contributed by atoms with van der Waals surface area (Å²) in [6.07, 6.45) is 0.435. The topological polar surface area (TPSA) is 91.5 Å². The molecular formula is C16H11N3O3. The Balaban J connectivity index is 2.05. The lowest BCUT2D eigenvalue weighted by Gasteiger charge is -2.17. The second-order valence-corrected chi connectivity index (χ2v) is 5.23. The highest BCUT2D eigenvalue weighted by molar-refractivity contribution is 6.13. The molecule has 108 valence electrons. The summed E-state index contributed by atoms with van der Waals surface area (Å²) in [5.41, 5.74) is 5.12. The van der Waals surface area contributed by atoms with Gasteiger partial charge in [0.25, 0.3) is 5.69 Å². The van der Waals surface area contributed by atoms with Crippen LogP contribution in [0.5, 0.6) is 0 Å². The average Bonchev–Trinajstić information content (AvgIpc) is 2.92. The van der Waals surface area contributed by atoms with E-state index in [1.807, 2.05) is 24.3 Å². The monoisotopic (exact) mass is 297 g/mol. The van der Waals surface area contributed by atoms with Crippen LogP contribution in [0.2, 0.25) is 0 Å². The molecule has 0 saturated heterocycles. The van der Waals surface area contributed by atoms with Crippen molar-refractivity contribution in [3.63, 3.8) is 0 Å². The van der Waals surface area contributed by atoms with Gasteiger partial charge in [0, 0.05) is 40.6 Å². The van der Waals surface area contributed by atoms with Gasteiger partial charge in [0.05, 0.1) is 16.3 Å². The largest absolute Gasteiger partial charge is 0.411 e. The predicted molar refractivity (Wildman–Crippen MR) is 82.4 cm³/mol. The van der Waals surface area contributed by atoms with Gasteiger partial charge in [-0.3, -0.25) is 10.1 Å². The van der Waals surface area contributed by atoms with E-state index >= 15 is 0 Å². The standard InChI is InChI=1S/C16H11N3O3/c20-18-15-8-13-12-7-9(19(21)22)5-6-14(12)17-16(13)11-4-2-1-3-10(11)15/h1-7,17,20H,8H2/b18-15+/i13+2,16+2. The third-order valence-corrected chi connectivity index (χ3v) is 4.07. The van der Waals surface area contributed by atoms with E-state index in [4.69, 9.17) is 0 Å². The normalized spacial score (nSPS) is 14.8. The lowest BCUT2D eigenvalue weighted by Crippen LogP contribution is -2.12. The molecule has 0 radical (unpaired) electrons. The molecule has 1 aromatic heterocycles. The molecule has 22 heavy (non-hydrogen) atoms. The van der Waals surface area contributed by atoms with E-state index < -0.39 is 4.92 Å². The maximum atomic E-state index is 11.0. The molecule has 2 aromatic carbocycles. The number of aromatic nitrogens is 1. The van der Waals surface area contributed by atoms with Crippen LogP contribution < -0.4 is 0 Å². The summed E-state index contributed by atoms with van der Waals surface area (Å²) in [5.74, 6) is 0. The Morgan fingerprint density at radius 2 is 2.09 bits per heavy atom. The van der Waals surface area contributed by atoms with Gasteiger partial charge in [0.2, 0.25) is 0 Å². The molecule has 0 saturated carbocycles. The van der Waals surface area contributed by atoms with Crippen LogP contribution in [0, 0.1) is 10.1 Å². The molecule has 6 heteroatoms. The first-order chi connectivity index (χ1) is 10.7. The van der Waals surface area contributed by atoms with Gasteiger partial charge in [-0.2, -0.15) is 0 Å². The Morgan fingerprint density at radius 3 is 2.86 bits per heavy atom. The van der Waals surface area contributed by atoms with Crippen molar-refractivity contribution >= 4 is 22.3 Å². The lowest BCUT2D eigenvalue weighted by atomic mass is 10.1. The fourth-order valence-electron chi connectivity index (χ4n) is 3.07. The van der Waals surface area contributed by atoms with Crippen molar-refractivity contribution in [2.24, 2.45) is 5.16 Å². The SMILES string of the molecule is O=[N+]([O-])c1ccc2[nH][14c]3[14c](c2c1)C/C(=N\O)c1ccccc1-3. The molecule has 0 unspecified atom stereocenters. The number of fused-ring (bicyclic) bond motifs is 5. The molecule has 1 aliphatic carbocycles. The summed E-state index contributed by atoms with van der Waals surface area (Å²) in [4.78, 5) is 13.9. The first kappa shape index (κ1) is 12.6. The zero-order chi connectivity index (χ0) is 15.3. The number of nitro groups is 1. The summed E-state index contributed by atoms with van der Waals surface area (Å²) in [6, 6.07) is 12.4. The van der Waals surface area contributed by atoms with Gasteiger partial charge < -0.3 is 10.2 Å². The van der Waals surface area contributed by atoms with Crippen LogP contribution in [0.1, 0.15) is 11.1 Å². The summed E-state index contributed by atoms with van der Waals surface area (Å²) < 4.78 is 0. The third kappa shape index (κ3) is 1.64. The number of nitrogens with one attached hydrogen (secondary N) is 1. The highest BCUT2D eigenvalue weighted by Crippen LogP contribution is 2.38. The molecule has 0 amide bonds. The Morgan fingerprint density at radius 1 is 1.27 bits per heavy atom. The third-order valence-electron chi connectivity index (χ3n) is 4.07. The number of hydrogen-bond acceptors (Lipinski definition) is 4. The number of aromatic amines is 1. The molecule has 1 aliphatic rings. The molecule has 0 atom stereocenters. The van der Waals surface area contributed by atoms with Crippen LogP contribution in [0.4, 0.5) is 5.69 Å². The smallest absolute Gasteiger partial charge is 0.270 e. The van der Waals surface area contributed by atoms with Crippen LogP contribution >= 0.6 is 0 Å². The summed E-state index contributed by atoms with van der Waals surface area (Å²) in [6.45, 7) is 0. The van der Waals surface area contributed by atoms with Gasteiger partial charge in [0.1, 0.15) is 0 Å². The first-order valence-electron chi connectivity index (χ1n) is 6.78. The van der Waals surface area contributed by atoms with Crippen LogP contribution in [0.3, 0.4) is 0 Å². The van der Waals surface area contributed by atoms with Gasteiger partial charge >= 0.3 is 0 Å². The van der Waals surface area contributed by atoms with Crippen LogP contribution in [0.15, 0.2) is 47.6 Å². The Hall–Kier alpha value is -3.15. The Labute approximate surface area is 124 Å². The highest BCUT2D eigenvalue weighted by Gasteiger charge is 2.25. The summed E-state index contributed by atoms with van der Waals surface area (Å²) >= 11 is 0. The maximum Gasteiger partial charge on any atom is 0.270 e. The highest BCUT2D eigenvalue weighted by atomic mass is 16.6. The van der Waals surface area contributed by atoms with E-state index in [0.29, 0.717) is 12.1 Å². The van der Waals surface area contributed by atoms with Crippen molar-refractivity contribution in [2.45, 2.75) is 6.42 Å².